The van der Waals surface area contributed by atoms with Crippen LogP contribution in [-0.4, -0.2) is 39.9 Å². The molecule has 0 aliphatic carbocycles. The third-order valence-electron chi connectivity index (χ3n) is 4.10. The third kappa shape index (κ3) is 5.89. The summed E-state index contributed by atoms with van der Waals surface area (Å²) in [6.45, 7) is 0.815. The van der Waals surface area contributed by atoms with E-state index in [1.165, 1.54) is 6.20 Å². The van der Waals surface area contributed by atoms with Gasteiger partial charge in [0.2, 0.25) is 0 Å². The number of anilines is 1. The van der Waals surface area contributed by atoms with Crippen LogP contribution in [0.5, 0.6) is 0 Å². The number of amides is 2. The van der Waals surface area contributed by atoms with Gasteiger partial charge in [-0.2, -0.15) is 13.2 Å². The summed E-state index contributed by atoms with van der Waals surface area (Å²) in [5, 5.41) is 14.2. The fraction of sp³-hybridized carbons (Fsp3) is 0.200. The van der Waals surface area contributed by atoms with E-state index >= 15 is 0 Å². The number of alkyl halides is 3. The average molecular weight is 435 g/mol. The Morgan fingerprint density at radius 2 is 2.10 bits per heavy atom. The number of urea groups is 1. The summed E-state index contributed by atoms with van der Waals surface area (Å²) in [6, 6.07) is 9.02. The zero-order chi connectivity index (χ0) is 22.4. The molecule has 0 spiro atoms. The van der Waals surface area contributed by atoms with Crippen LogP contribution >= 0.6 is 0 Å². The van der Waals surface area contributed by atoms with Crippen LogP contribution < -0.4 is 16.1 Å². The number of carbonyl (C=O) groups excluding carboxylic acids is 1. The van der Waals surface area contributed by atoms with E-state index in [0.717, 1.165) is 0 Å². The first-order chi connectivity index (χ1) is 14.8. The van der Waals surface area contributed by atoms with Crippen LogP contribution in [0, 0.1) is 0 Å². The van der Waals surface area contributed by atoms with E-state index in [1.807, 2.05) is 0 Å². The molecule has 4 N–H and O–H groups in total. The first kappa shape index (κ1) is 22.0. The van der Waals surface area contributed by atoms with Gasteiger partial charge in [0, 0.05) is 23.0 Å². The molecule has 3 aromatic rings. The topological polar surface area (TPSA) is 99.9 Å². The number of hydrogen-bond donors (Lipinski definition) is 4. The Kier molecular flexibility index (Phi) is 6.65. The molecule has 0 aliphatic heterocycles. The van der Waals surface area contributed by atoms with Crippen LogP contribution in [0.3, 0.4) is 0 Å². The Hall–Kier alpha value is -3.73. The number of aromatic nitrogens is 2. The summed E-state index contributed by atoms with van der Waals surface area (Å²) in [4.78, 5) is 21.0. The lowest BCUT2D eigenvalue weighted by molar-refractivity contribution is -0.122. The van der Waals surface area contributed by atoms with Gasteiger partial charge in [-0.3, -0.25) is 14.7 Å². The normalized spacial score (nSPS) is 12.1. The van der Waals surface area contributed by atoms with Gasteiger partial charge in [-0.25, -0.2) is 9.78 Å². The molecule has 0 bridgehead atoms. The molecule has 0 saturated heterocycles. The number of nitrogens with one attached hydrogen (secondary N) is 3. The smallest absolute Gasteiger partial charge is 0.405 e. The van der Waals surface area contributed by atoms with Crippen molar-refractivity contribution in [1.82, 2.24) is 20.2 Å². The van der Waals surface area contributed by atoms with Crippen molar-refractivity contribution in [1.29, 1.82) is 0 Å². The summed E-state index contributed by atoms with van der Waals surface area (Å²) in [5.41, 5.74) is 5.30. The first-order valence-electron chi connectivity index (χ1n) is 9.23. The average Bonchev–Trinajstić information content (AvgIpc) is 3.15. The Balaban J connectivity index is 1.78. The maximum atomic E-state index is 12.2. The number of fused-ring (bicyclic) bond motifs is 1. The molecular weight excluding hydrogens is 415 g/mol. The van der Waals surface area contributed by atoms with E-state index in [2.05, 4.69) is 15.8 Å². The van der Waals surface area contributed by atoms with Gasteiger partial charge < -0.3 is 15.7 Å². The number of imidazole rings is 1. The molecule has 31 heavy (non-hydrogen) atoms. The fourth-order valence-electron chi connectivity index (χ4n) is 2.73. The second kappa shape index (κ2) is 9.39. The van der Waals surface area contributed by atoms with Crippen molar-refractivity contribution >= 4 is 23.1 Å². The fourth-order valence-corrected chi connectivity index (χ4v) is 2.73. The maximum Gasteiger partial charge on any atom is 0.405 e. The lowest BCUT2D eigenvalue weighted by Crippen LogP contribution is -2.36. The Labute approximate surface area is 175 Å². The maximum absolute atomic E-state index is 12.2. The number of carbonyl (C=O) groups is 1. The monoisotopic (exact) mass is 435 g/mol. The number of halogens is 3. The number of hydrogen-bond acceptors (Lipinski definition) is 5. The van der Waals surface area contributed by atoms with Gasteiger partial charge >= 0.3 is 12.2 Å². The molecule has 0 aliphatic rings. The number of aliphatic hydroxyl groups is 1. The zero-order valence-electron chi connectivity index (χ0n) is 16.4. The molecular formula is C20H20F3N5O3. The molecule has 2 aromatic heterocycles. The zero-order valence-corrected chi connectivity index (χ0v) is 16.4. The predicted molar refractivity (Wildman–Crippen MR) is 109 cm³/mol. The van der Waals surface area contributed by atoms with Crippen molar-refractivity contribution < 1.29 is 27.9 Å². The highest BCUT2D eigenvalue weighted by atomic mass is 19.4. The van der Waals surface area contributed by atoms with Crippen LogP contribution in [0.4, 0.5) is 23.7 Å². The molecule has 0 saturated carbocycles. The highest BCUT2D eigenvalue weighted by Crippen LogP contribution is 2.25. The van der Waals surface area contributed by atoms with Gasteiger partial charge in [0.05, 0.1) is 24.7 Å². The largest absolute Gasteiger partial charge is 0.506 e. The van der Waals surface area contributed by atoms with Crippen molar-refractivity contribution in [3.8, 4) is 11.3 Å². The molecule has 0 radical (unpaired) electrons. The predicted octanol–water partition coefficient (Wildman–Crippen LogP) is 4.08. The van der Waals surface area contributed by atoms with Crippen molar-refractivity contribution in [2.75, 3.05) is 18.5 Å². The van der Waals surface area contributed by atoms with Crippen molar-refractivity contribution in [2.45, 2.75) is 13.1 Å². The van der Waals surface area contributed by atoms with E-state index in [-0.39, 0.29) is 5.76 Å². The number of benzene rings is 1. The minimum atomic E-state index is -4.49. The van der Waals surface area contributed by atoms with Crippen LogP contribution in [0.2, 0.25) is 0 Å². The summed E-state index contributed by atoms with van der Waals surface area (Å²) >= 11 is 0. The van der Waals surface area contributed by atoms with Gasteiger partial charge in [0.25, 0.3) is 0 Å². The van der Waals surface area contributed by atoms with Crippen molar-refractivity contribution in [2.24, 2.45) is 0 Å². The summed E-state index contributed by atoms with van der Waals surface area (Å²) in [6.07, 6.45) is 0.157. The lowest BCUT2D eigenvalue weighted by Gasteiger charge is -2.11. The standard InChI is InChI=1S/C20H20F3N5O3/c1-2-31-26-11-17(29)14-6-7-28-16(10-24-18(28)9-14)13-4-3-5-15(8-13)27-19(30)25-12-20(21,22)23/h3-11,26,29H,2,12H2,1H3,(H2,25,27,30). The van der Waals surface area contributed by atoms with Crippen LogP contribution in [0.15, 0.2) is 55.0 Å². The molecule has 0 fully saturated rings. The van der Waals surface area contributed by atoms with Crippen molar-refractivity contribution in [3.63, 3.8) is 0 Å². The molecule has 2 amide bonds. The number of nitrogens with zero attached hydrogens (tertiary/aromatic N) is 2. The second-order valence-electron chi connectivity index (χ2n) is 6.37. The quantitative estimate of drug-likeness (QED) is 0.255. The minimum Gasteiger partial charge on any atom is -0.506 e. The molecule has 1 aromatic carbocycles. The van der Waals surface area contributed by atoms with Gasteiger partial charge in [0.15, 0.2) is 0 Å². The van der Waals surface area contributed by atoms with Gasteiger partial charge in [0.1, 0.15) is 18.0 Å². The van der Waals surface area contributed by atoms with Crippen LogP contribution in [0.25, 0.3) is 22.7 Å². The Morgan fingerprint density at radius 3 is 2.84 bits per heavy atom. The highest BCUT2D eigenvalue weighted by Gasteiger charge is 2.27. The summed E-state index contributed by atoms with van der Waals surface area (Å²) in [5.74, 6) is -0.0310. The van der Waals surface area contributed by atoms with Crippen molar-refractivity contribution in [3.05, 3.63) is 60.6 Å². The SMILES string of the molecule is CCONC=C(O)c1ccn2c(-c3cccc(NC(=O)NCC(F)(F)F)c3)cnc2c1. The molecule has 11 heteroatoms. The number of rotatable bonds is 7. The molecule has 0 atom stereocenters. The summed E-state index contributed by atoms with van der Waals surface area (Å²) < 4.78 is 38.5. The van der Waals surface area contributed by atoms with E-state index in [1.54, 1.807) is 65.4 Å². The first-order valence-corrected chi connectivity index (χ1v) is 9.23. The number of aliphatic hydroxyl groups excluding tert-OH is 1. The molecule has 3 rings (SSSR count). The number of hydroxylamine groups is 1. The van der Waals surface area contributed by atoms with Crippen LogP contribution in [-0.2, 0) is 4.84 Å². The van der Waals surface area contributed by atoms with E-state index in [0.29, 0.717) is 34.8 Å². The molecule has 0 unspecified atom stereocenters. The Morgan fingerprint density at radius 1 is 1.29 bits per heavy atom. The molecule has 2 heterocycles. The van der Waals surface area contributed by atoms with E-state index in [9.17, 15) is 23.1 Å². The van der Waals surface area contributed by atoms with Gasteiger partial charge in [-0.1, -0.05) is 12.1 Å². The highest BCUT2D eigenvalue weighted by molar-refractivity contribution is 5.90. The van der Waals surface area contributed by atoms with E-state index in [4.69, 9.17) is 4.84 Å². The summed E-state index contributed by atoms with van der Waals surface area (Å²) in [7, 11) is 0. The minimum absolute atomic E-state index is 0.0310. The number of pyridine rings is 1. The second-order valence-corrected chi connectivity index (χ2v) is 6.37. The Bertz CT molecular complexity index is 1100. The molecule has 164 valence electrons. The molecule has 8 nitrogen and oxygen atoms in total. The van der Waals surface area contributed by atoms with Gasteiger partial charge in [-0.05, 0) is 31.2 Å². The third-order valence-corrected chi connectivity index (χ3v) is 4.10. The van der Waals surface area contributed by atoms with E-state index < -0.39 is 18.8 Å². The van der Waals surface area contributed by atoms with Crippen LogP contribution in [0.1, 0.15) is 12.5 Å². The van der Waals surface area contributed by atoms with Gasteiger partial charge in [-0.15, -0.1) is 0 Å². The lowest BCUT2D eigenvalue weighted by atomic mass is 10.1.